The molecule has 0 spiro atoms. The minimum Gasteiger partial charge on any atom is -0.489 e. The van der Waals surface area contributed by atoms with Gasteiger partial charge >= 0.3 is 5.97 Å². The van der Waals surface area contributed by atoms with Gasteiger partial charge in [0.05, 0.1) is 0 Å². The molecule has 0 aromatic heterocycles. The maximum Gasteiger partial charge on any atom is 0.363 e. The average molecular weight is 383 g/mol. The van der Waals surface area contributed by atoms with Gasteiger partial charge in [-0.3, -0.25) is 0 Å². The van der Waals surface area contributed by atoms with Crippen molar-refractivity contribution in [2.24, 2.45) is 4.99 Å². The molecule has 144 valence electrons. The number of cyclic esters (lactones) is 1. The van der Waals surface area contributed by atoms with Crippen molar-refractivity contribution in [1.82, 2.24) is 0 Å². The summed E-state index contributed by atoms with van der Waals surface area (Å²) in [7, 11) is 0. The summed E-state index contributed by atoms with van der Waals surface area (Å²) in [6.07, 6.45) is 1.72. The second kappa shape index (κ2) is 8.15. The zero-order valence-corrected chi connectivity index (χ0v) is 16.4. The summed E-state index contributed by atoms with van der Waals surface area (Å²) in [6.45, 7) is 4.58. The molecule has 0 aliphatic carbocycles. The molecule has 1 heterocycles. The maximum absolute atomic E-state index is 12.1. The predicted molar refractivity (Wildman–Crippen MR) is 114 cm³/mol. The van der Waals surface area contributed by atoms with Crippen LogP contribution in [0.2, 0.25) is 0 Å². The van der Waals surface area contributed by atoms with Crippen LogP contribution in [-0.4, -0.2) is 11.9 Å². The molecule has 0 N–H and O–H groups in total. The topological polar surface area (TPSA) is 47.9 Å². The van der Waals surface area contributed by atoms with Gasteiger partial charge in [0.15, 0.2) is 5.70 Å². The fraction of sp³-hybridized carbons (Fsp3) is 0.120. The summed E-state index contributed by atoms with van der Waals surface area (Å²) in [5.41, 5.74) is 5.41. The molecule has 0 saturated heterocycles. The van der Waals surface area contributed by atoms with E-state index in [2.05, 4.69) is 36.2 Å². The highest BCUT2D eigenvalue weighted by molar-refractivity contribution is 6.12. The fourth-order valence-electron chi connectivity index (χ4n) is 2.90. The number of rotatable bonds is 5. The third kappa shape index (κ3) is 4.61. The van der Waals surface area contributed by atoms with Crippen molar-refractivity contribution in [2.45, 2.75) is 20.5 Å². The van der Waals surface area contributed by atoms with Crippen molar-refractivity contribution in [3.63, 3.8) is 0 Å². The standard InChI is InChI=1S/C25H21NO3/c1-17-3-7-20(8-4-17)16-28-22-13-9-19(10-14-22)15-23-25(27)29-24(26-23)21-11-5-18(2)6-12-21/h3-15H,16H2,1-2H3/b23-15+. The molecule has 0 bridgehead atoms. The molecule has 4 rings (SSSR count). The van der Waals surface area contributed by atoms with E-state index in [1.54, 1.807) is 6.08 Å². The van der Waals surface area contributed by atoms with E-state index in [1.165, 1.54) is 5.56 Å². The molecule has 1 aliphatic rings. The van der Waals surface area contributed by atoms with Crippen LogP contribution in [0.1, 0.15) is 27.8 Å². The number of nitrogens with zero attached hydrogens (tertiary/aromatic N) is 1. The minimum absolute atomic E-state index is 0.286. The SMILES string of the molecule is Cc1ccc(COc2ccc(/C=C3/N=C(c4ccc(C)cc4)OC3=O)cc2)cc1. The third-order valence-electron chi connectivity index (χ3n) is 4.63. The zero-order valence-electron chi connectivity index (χ0n) is 16.4. The Balaban J connectivity index is 1.44. The normalized spacial score (nSPS) is 14.6. The Morgan fingerprint density at radius 3 is 2.14 bits per heavy atom. The van der Waals surface area contributed by atoms with Crippen molar-refractivity contribution in [2.75, 3.05) is 0 Å². The van der Waals surface area contributed by atoms with Crippen LogP contribution < -0.4 is 4.74 Å². The van der Waals surface area contributed by atoms with Crippen LogP contribution in [0, 0.1) is 13.8 Å². The monoisotopic (exact) mass is 383 g/mol. The molecule has 3 aromatic carbocycles. The van der Waals surface area contributed by atoms with E-state index in [0.717, 1.165) is 28.0 Å². The predicted octanol–water partition coefficient (Wildman–Crippen LogP) is 5.23. The van der Waals surface area contributed by atoms with Crippen LogP contribution in [0.25, 0.3) is 6.08 Å². The molecule has 0 atom stereocenters. The second-order valence-electron chi connectivity index (χ2n) is 7.05. The van der Waals surface area contributed by atoms with Crippen LogP contribution in [0.3, 0.4) is 0 Å². The van der Waals surface area contributed by atoms with Crippen LogP contribution in [-0.2, 0) is 16.1 Å². The Labute approximate surface area is 170 Å². The largest absolute Gasteiger partial charge is 0.489 e. The van der Waals surface area contributed by atoms with E-state index in [0.29, 0.717) is 12.5 Å². The van der Waals surface area contributed by atoms with Crippen LogP contribution >= 0.6 is 0 Å². The summed E-state index contributed by atoms with van der Waals surface area (Å²) < 4.78 is 11.1. The van der Waals surface area contributed by atoms with Gasteiger partial charge in [-0.2, -0.15) is 0 Å². The van der Waals surface area contributed by atoms with Crippen LogP contribution in [0.5, 0.6) is 5.75 Å². The Morgan fingerprint density at radius 1 is 0.862 bits per heavy atom. The summed E-state index contributed by atoms with van der Waals surface area (Å²) >= 11 is 0. The quantitative estimate of drug-likeness (QED) is 0.448. The molecule has 3 aromatic rings. The first-order chi connectivity index (χ1) is 14.1. The molecule has 29 heavy (non-hydrogen) atoms. The molecular weight excluding hydrogens is 362 g/mol. The highest BCUT2D eigenvalue weighted by atomic mass is 16.6. The number of carbonyl (C=O) groups is 1. The summed E-state index contributed by atoms with van der Waals surface area (Å²) in [6, 6.07) is 23.5. The molecule has 4 nitrogen and oxygen atoms in total. The van der Waals surface area contributed by atoms with E-state index < -0.39 is 5.97 Å². The number of carbonyl (C=O) groups excluding carboxylic acids is 1. The van der Waals surface area contributed by atoms with Gasteiger partial charge in [-0.15, -0.1) is 0 Å². The van der Waals surface area contributed by atoms with E-state index in [4.69, 9.17) is 9.47 Å². The maximum atomic E-state index is 12.1. The fourth-order valence-corrected chi connectivity index (χ4v) is 2.90. The van der Waals surface area contributed by atoms with E-state index in [1.807, 2.05) is 55.5 Å². The van der Waals surface area contributed by atoms with Crippen LogP contribution in [0.15, 0.2) is 83.5 Å². The molecule has 4 heteroatoms. The number of hydrogen-bond donors (Lipinski definition) is 0. The van der Waals surface area contributed by atoms with Gasteiger partial charge < -0.3 is 9.47 Å². The molecule has 0 amide bonds. The molecule has 0 fully saturated rings. The Kier molecular flexibility index (Phi) is 5.25. The van der Waals surface area contributed by atoms with Gasteiger partial charge in [-0.1, -0.05) is 59.7 Å². The van der Waals surface area contributed by atoms with Crippen LogP contribution in [0.4, 0.5) is 0 Å². The lowest BCUT2D eigenvalue weighted by atomic mass is 10.1. The number of hydrogen-bond acceptors (Lipinski definition) is 4. The molecule has 0 radical (unpaired) electrons. The van der Waals surface area contributed by atoms with Gasteiger partial charge in [0.2, 0.25) is 5.90 Å². The summed E-state index contributed by atoms with van der Waals surface area (Å²) in [5.74, 6) is 0.658. The van der Waals surface area contributed by atoms with Gasteiger partial charge in [-0.05, 0) is 55.3 Å². The molecule has 0 saturated carbocycles. The number of esters is 1. The number of benzene rings is 3. The lowest BCUT2D eigenvalue weighted by molar-refractivity contribution is -0.129. The lowest BCUT2D eigenvalue weighted by Gasteiger charge is -2.07. The first kappa shape index (κ1) is 18.7. The Morgan fingerprint density at radius 2 is 1.48 bits per heavy atom. The smallest absolute Gasteiger partial charge is 0.363 e. The molecular formula is C25H21NO3. The second-order valence-corrected chi connectivity index (χ2v) is 7.05. The zero-order chi connectivity index (χ0) is 20.2. The lowest BCUT2D eigenvalue weighted by Crippen LogP contribution is -2.05. The number of aryl methyl sites for hydroxylation is 2. The molecule has 1 aliphatic heterocycles. The first-order valence-corrected chi connectivity index (χ1v) is 9.45. The Bertz CT molecular complexity index is 1080. The number of ether oxygens (including phenoxy) is 2. The first-order valence-electron chi connectivity index (χ1n) is 9.45. The average Bonchev–Trinajstić information content (AvgIpc) is 3.09. The van der Waals surface area contributed by atoms with Crippen molar-refractivity contribution in [3.8, 4) is 5.75 Å². The Hall–Kier alpha value is -3.66. The summed E-state index contributed by atoms with van der Waals surface area (Å²) in [5, 5.41) is 0. The van der Waals surface area contributed by atoms with E-state index in [-0.39, 0.29) is 5.70 Å². The van der Waals surface area contributed by atoms with Crippen molar-refractivity contribution in [3.05, 3.63) is 106 Å². The highest BCUT2D eigenvalue weighted by Crippen LogP contribution is 2.21. The van der Waals surface area contributed by atoms with Gasteiger partial charge in [0.1, 0.15) is 12.4 Å². The third-order valence-corrected chi connectivity index (χ3v) is 4.63. The van der Waals surface area contributed by atoms with Gasteiger partial charge in [0, 0.05) is 5.56 Å². The highest BCUT2D eigenvalue weighted by Gasteiger charge is 2.23. The van der Waals surface area contributed by atoms with E-state index >= 15 is 0 Å². The van der Waals surface area contributed by atoms with Crippen molar-refractivity contribution < 1.29 is 14.3 Å². The minimum atomic E-state index is -0.444. The van der Waals surface area contributed by atoms with Crippen molar-refractivity contribution in [1.29, 1.82) is 0 Å². The molecule has 0 unspecified atom stereocenters. The van der Waals surface area contributed by atoms with Gasteiger partial charge in [-0.25, -0.2) is 9.79 Å². The number of aliphatic imine (C=N–C) groups is 1. The van der Waals surface area contributed by atoms with Crippen molar-refractivity contribution >= 4 is 17.9 Å². The summed E-state index contributed by atoms with van der Waals surface area (Å²) in [4.78, 5) is 16.5. The van der Waals surface area contributed by atoms with E-state index in [9.17, 15) is 4.79 Å². The van der Waals surface area contributed by atoms with Gasteiger partial charge in [0.25, 0.3) is 0 Å².